The summed E-state index contributed by atoms with van der Waals surface area (Å²) in [5, 5.41) is 2.24. The third kappa shape index (κ3) is 5.34. The highest BCUT2D eigenvalue weighted by molar-refractivity contribution is 6.06. The average Bonchev–Trinajstić information content (AvgIpc) is 3.57. The van der Waals surface area contributed by atoms with Crippen molar-refractivity contribution in [2.24, 2.45) is 0 Å². The van der Waals surface area contributed by atoms with Gasteiger partial charge in [-0.05, 0) is 81.4 Å². The SMILES string of the molecule is c1ccc(-c2ccc(-c3ccccc3-c3ccccc3N(c3ccccc3)c3ccc4c(c3)oc3ccccc34)c(-c3ccccc3)c2)cc1. The molecule has 0 aliphatic heterocycles. The average molecular weight is 640 g/mol. The van der Waals surface area contributed by atoms with Crippen molar-refractivity contribution in [3.8, 4) is 44.5 Å². The second-order valence-corrected chi connectivity index (χ2v) is 12.5. The zero-order valence-corrected chi connectivity index (χ0v) is 27.4. The number of nitrogens with zero attached hydrogens (tertiary/aromatic N) is 1. The van der Waals surface area contributed by atoms with Crippen LogP contribution in [0.15, 0.2) is 205 Å². The highest BCUT2D eigenvalue weighted by atomic mass is 16.3. The lowest BCUT2D eigenvalue weighted by molar-refractivity contribution is 0.669. The predicted octanol–water partition coefficient (Wildman–Crippen LogP) is 13.7. The van der Waals surface area contributed by atoms with E-state index in [1.54, 1.807) is 0 Å². The molecule has 0 N–H and O–H groups in total. The molecule has 0 bridgehead atoms. The van der Waals surface area contributed by atoms with Gasteiger partial charge in [0.1, 0.15) is 11.2 Å². The second kappa shape index (κ2) is 12.8. The van der Waals surface area contributed by atoms with Crippen LogP contribution in [0, 0.1) is 0 Å². The zero-order valence-electron chi connectivity index (χ0n) is 27.4. The van der Waals surface area contributed by atoms with E-state index < -0.39 is 0 Å². The van der Waals surface area contributed by atoms with Crippen molar-refractivity contribution in [1.29, 1.82) is 0 Å². The van der Waals surface area contributed by atoms with Gasteiger partial charge in [0.05, 0.1) is 5.69 Å². The van der Waals surface area contributed by atoms with Crippen LogP contribution in [0.25, 0.3) is 66.4 Å². The van der Waals surface area contributed by atoms with Crippen molar-refractivity contribution in [2.75, 3.05) is 4.90 Å². The Morgan fingerprint density at radius 2 is 0.860 bits per heavy atom. The van der Waals surface area contributed by atoms with Gasteiger partial charge in [-0.25, -0.2) is 0 Å². The highest BCUT2D eigenvalue weighted by Gasteiger charge is 2.21. The fourth-order valence-corrected chi connectivity index (χ4v) is 7.15. The van der Waals surface area contributed by atoms with E-state index in [0.29, 0.717) is 0 Å². The topological polar surface area (TPSA) is 16.4 Å². The van der Waals surface area contributed by atoms with Crippen LogP contribution in [0.4, 0.5) is 17.1 Å². The van der Waals surface area contributed by atoms with Crippen LogP contribution < -0.4 is 4.90 Å². The molecule has 0 radical (unpaired) electrons. The molecule has 0 saturated carbocycles. The maximum atomic E-state index is 6.38. The molecule has 0 saturated heterocycles. The first-order valence-corrected chi connectivity index (χ1v) is 17.0. The molecule has 1 heterocycles. The molecule has 0 aliphatic carbocycles. The van der Waals surface area contributed by atoms with Crippen molar-refractivity contribution >= 4 is 39.0 Å². The molecule has 2 nitrogen and oxygen atoms in total. The first-order valence-electron chi connectivity index (χ1n) is 17.0. The molecule has 0 fully saturated rings. The summed E-state index contributed by atoms with van der Waals surface area (Å²) in [6, 6.07) is 71.1. The summed E-state index contributed by atoms with van der Waals surface area (Å²) >= 11 is 0. The van der Waals surface area contributed by atoms with E-state index in [1.807, 2.05) is 12.1 Å². The van der Waals surface area contributed by atoms with Gasteiger partial charge in [-0.2, -0.15) is 0 Å². The molecule has 0 amide bonds. The van der Waals surface area contributed by atoms with E-state index in [0.717, 1.165) is 44.6 Å². The van der Waals surface area contributed by atoms with Crippen molar-refractivity contribution < 1.29 is 4.42 Å². The van der Waals surface area contributed by atoms with Crippen molar-refractivity contribution in [3.05, 3.63) is 200 Å². The summed E-state index contributed by atoms with van der Waals surface area (Å²) in [4.78, 5) is 2.34. The molecule has 0 atom stereocenters. The molecule has 2 heteroatoms. The van der Waals surface area contributed by atoms with E-state index in [9.17, 15) is 0 Å². The Morgan fingerprint density at radius 3 is 1.62 bits per heavy atom. The number of hydrogen-bond acceptors (Lipinski definition) is 2. The largest absolute Gasteiger partial charge is 0.456 e. The van der Waals surface area contributed by atoms with Crippen LogP contribution in [0.1, 0.15) is 0 Å². The molecular formula is C48H33NO. The van der Waals surface area contributed by atoms with Gasteiger partial charge >= 0.3 is 0 Å². The Bertz CT molecular complexity index is 2590. The van der Waals surface area contributed by atoms with Crippen molar-refractivity contribution in [2.45, 2.75) is 0 Å². The molecule has 0 spiro atoms. The molecular weight excluding hydrogens is 607 g/mol. The number of fused-ring (bicyclic) bond motifs is 3. The third-order valence-corrected chi connectivity index (χ3v) is 9.50. The van der Waals surface area contributed by atoms with Crippen LogP contribution in [0.3, 0.4) is 0 Å². The second-order valence-electron chi connectivity index (χ2n) is 12.5. The Morgan fingerprint density at radius 1 is 0.300 bits per heavy atom. The summed E-state index contributed by atoms with van der Waals surface area (Å²) in [6.07, 6.45) is 0. The molecule has 9 rings (SSSR count). The van der Waals surface area contributed by atoms with Crippen LogP contribution in [0.2, 0.25) is 0 Å². The van der Waals surface area contributed by atoms with Gasteiger partial charge in [-0.15, -0.1) is 0 Å². The fraction of sp³-hybridized carbons (Fsp3) is 0. The number of anilines is 3. The van der Waals surface area contributed by atoms with Crippen molar-refractivity contribution in [1.82, 2.24) is 0 Å². The minimum absolute atomic E-state index is 0.869. The Hall–Kier alpha value is -6.64. The molecule has 1 aromatic heterocycles. The Balaban J connectivity index is 1.24. The lowest BCUT2D eigenvalue weighted by Gasteiger charge is -2.28. The number of hydrogen-bond donors (Lipinski definition) is 0. The van der Waals surface area contributed by atoms with E-state index in [1.165, 1.54) is 38.9 Å². The summed E-state index contributed by atoms with van der Waals surface area (Å²) in [7, 11) is 0. The summed E-state index contributed by atoms with van der Waals surface area (Å²) in [5.74, 6) is 0. The number of benzene rings is 8. The quantitative estimate of drug-likeness (QED) is 0.173. The van der Waals surface area contributed by atoms with E-state index in [4.69, 9.17) is 4.42 Å². The molecule has 0 unspecified atom stereocenters. The van der Waals surface area contributed by atoms with Gasteiger partial charge in [0.25, 0.3) is 0 Å². The predicted molar refractivity (Wildman–Crippen MR) is 210 cm³/mol. The standard InChI is InChI=1S/C48H33NO/c1-4-16-34(17-5-1)36-28-30-41(45(32-36)35-18-6-2-7-19-35)39-22-10-11-23-40(39)42-24-12-14-26-46(42)49(37-20-8-3-9-21-37)38-29-31-44-43-25-13-15-27-47(43)50-48(44)33-38/h1-33H. The number of rotatable bonds is 7. The molecule has 8 aromatic carbocycles. The van der Waals surface area contributed by atoms with Gasteiger partial charge in [0.15, 0.2) is 0 Å². The zero-order chi connectivity index (χ0) is 33.3. The van der Waals surface area contributed by atoms with Crippen LogP contribution >= 0.6 is 0 Å². The first-order chi connectivity index (χ1) is 24.8. The monoisotopic (exact) mass is 639 g/mol. The fourth-order valence-electron chi connectivity index (χ4n) is 7.15. The van der Waals surface area contributed by atoms with Gasteiger partial charge in [-0.3, -0.25) is 0 Å². The molecule has 9 aromatic rings. The normalized spacial score (nSPS) is 11.2. The number of para-hydroxylation sites is 3. The first kappa shape index (κ1) is 29.5. The smallest absolute Gasteiger partial charge is 0.137 e. The van der Waals surface area contributed by atoms with Gasteiger partial charge in [-0.1, -0.05) is 152 Å². The lowest BCUT2D eigenvalue weighted by atomic mass is 9.87. The summed E-state index contributed by atoms with van der Waals surface area (Å²) in [6.45, 7) is 0. The third-order valence-electron chi connectivity index (χ3n) is 9.50. The van der Waals surface area contributed by atoms with Gasteiger partial charge in [0.2, 0.25) is 0 Å². The van der Waals surface area contributed by atoms with Gasteiger partial charge in [0, 0.05) is 33.8 Å². The van der Waals surface area contributed by atoms with E-state index >= 15 is 0 Å². The molecule has 0 aliphatic rings. The molecule has 50 heavy (non-hydrogen) atoms. The van der Waals surface area contributed by atoms with Crippen molar-refractivity contribution in [3.63, 3.8) is 0 Å². The van der Waals surface area contributed by atoms with Crippen LogP contribution in [-0.2, 0) is 0 Å². The van der Waals surface area contributed by atoms with Crippen LogP contribution in [-0.4, -0.2) is 0 Å². The maximum absolute atomic E-state index is 6.38. The van der Waals surface area contributed by atoms with E-state index in [-0.39, 0.29) is 0 Å². The summed E-state index contributed by atoms with van der Waals surface area (Å²) in [5.41, 5.74) is 14.4. The Kier molecular flexibility index (Phi) is 7.53. The number of furan rings is 1. The molecule has 236 valence electrons. The summed E-state index contributed by atoms with van der Waals surface area (Å²) < 4.78 is 6.38. The van der Waals surface area contributed by atoms with Crippen LogP contribution in [0.5, 0.6) is 0 Å². The maximum Gasteiger partial charge on any atom is 0.137 e. The minimum Gasteiger partial charge on any atom is -0.456 e. The Labute approximate surface area is 292 Å². The highest BCUT2D eigenvalue weighted by Crippen LogP contribution is 2.46. The van der Waals surface area contributed by atoms with Gasteiger partial charge < -0.3 is 9.32 Å². The lowest BCUT2D eigenvalue weighted by Crippen LogP contribution is -2.11. The van der Waals surface area contributed by atoms with E-state index in [2.05, 4.69) is 193 Å². The minimum atomic E-state index is 0.869.